The van der Waals surface area contributed by atoms with Gasteiger partial charge in [0.1, 0.15) is 23.7 Å². The Morgan fingerprint density at radius 2 is 1.44 bits per heavy atom. The van der Waals surface area contributed by atoms with E-state index in [1.54, 1.807) is 66.7 Å². The van der Waals surface area contributed by atoms with Crippen molar-refractivity contribution in [2.75, 3.05) is 32.3 Å². The van der Waals surface area contributed by atoms with E-state index in [1.165, 1.54) is 19.1 Å². The highest BCUT2D eigenvalue weighted by Crippen LogP contribution is 2.32. The van der Waals surface area contributed by atoms with Gasteiger partial charge in [-0.05, 0) is 60.7 Å². The van der Waals surface area contributed by atoms with Gasteiger partial charge in [0, 0.05) is 5.02 Å². The molecule has 3 amide bonds. The summed E-state index contributed by atoms with van der Waals surface area (Å²) in [5, 5.41) is 0.283. The summed E-state index contributed by atoms with van der Waals surface area (Å²) in [7, 11) is 2.88. The summed E-state index contributed by atoms with van der Waals surface area (Å²) in [5.41, 5.74) is 1.21. The van der Waals surface area contributed by atoms with E-state index in [0.29, 0.717) is 21.8 Å². The van der Waals surface area contributed by atoms with Crippen LogP contribution >= 0.6 is 23.8 Å². The third kappa shape index (κ3) is 4.75. The minimum Gasteiger partial charge on any atom is -0.496 e. The predicted octanol–water partition coefficient (Wildman–Crippen LogP) is 4.60. The fourth-order valence-electron chi connectivity index (χ4n) is 3.80. The maximum Gasteiger partial charge on any atom is 0.273 e. The molecule has 0 N–H and O–H groups in total. The number of methoxy groups -OCH3 is 2. The van der Waals surface area contributed by atoms with Crippen LogP contribution in [0, 0.1) is 0 Å². The molecule has 0 unspecified atom stereocenters. The molecule has 0 aromatic heterocycles. The molecular weight excluding hydrogens is 504 g/mol. The van der Waals surface area contributed by atoms with Crippen LogP contribution in [0.5, 0.6) is 11.5 Å². The third-order valence-corrected chi connectivity index (χ3v) is 6.08. The topological polar surface area (TPSA) is 85.4 Å². The van der Waals surface area contributed by atoms with Crippen molar-refractivity contribution in [2.45, 2.75) is 0 Å². The summed E-state index contributed by atoms with van der Waals surface area (Å²) < 4.78 is 16.5. The Kier molecular flexibility index (Phi) is 7.52. The molecule has 10 heteroatoms. The van der Waals surface area contributed by atoms with E-state index in [9.17, 15) is 14.4 Å². The Labute approximate surface area is 217 Å². The fraction of sp³-hybridized carbons (Fsp3) is 0.154. The Hall–Kier alpha value is -3.95. The smallest absolute Gasteiger partial charge is 0.273 e. The Balaban J connectivity index is 1.57. The van der Waals surface area contributed by atoms with Gasteiger partial charge in [-0.25, -0.2) is 4.90 Å². The van der Waals surface area contributed by atoms with Crippen LogP contribution in [0.15, 0.2) is 66.7 Å². The first-order valence-electron chi connectivity index (χ1n) is 10.8. The Morgan fingerprint density at radius 1 is 0.889 bits per heavy atom. The van der Waals surface area contributed by atoms with Crippen LogP contribution < -0.4 is 14.4 Å². The van der Waals surface area contributed by atoms with Gasteiger partial charge in [0.2, 0.25) is 0 Å². The molecule has 36 heavy (non-hydrogen) atoms. The van der Waals surface area contributed by atoms with Gasteiger partial charge in [-0.1, -0.05) is 29.8 Å². The average molecular weight is 525 g/mol. The molecule has 3 aromatic carbocycles. The molecule has 0 atom stereocenters. The Bertz CT molecular complexity index is 1290. The number of fused-ring (bicyclic) bond motifs is 1. The zero-order valence-electron chi connectivity index (χ0n) is 19.4. The SMILES string of the molecule is COc1cccc(OC)c1C(=O)N(C(=S)OCCN1C(=O)c2ccccc2C1=O)c1ccc(Cl)cc1. The van der Waals surface area contributed by atoms with Gasteiger partial charge in [-0.2, -0.15) is 0 Å². The molecule has 8 nitrogen and oxygen atoms in total. The van der Waals surface area contributed by atoms with Gasteiger partial charge in [0.15, 0.2) is 0 Å². The predicted molar refractivity (Wildman–Crippen MR) is 138 cm³/mol. The number of hydrogen-bond donors (Lipinski definition) is 0. The van der Waals surface area contributed by atoms with Crippen molar-refractivity contribution in [3.05, 3.63) is 88.4 Å². The van der Waals surface area contributed by atoms with Gasteiger partial charge in [0.05, 0.1) is 37.6 Å². The van der Waals surface area contributed by atoms with E-state index < -0.39 is 17.7 Å². The van der Waals surface area contributed by atoms with Gasteiger partial charge in [0.25, 0.3) is 22.9 Å². The second kappa shape index (κ2) is 10.8. The van der Waals surface area contributed by atoms with Crippen molar-refractivity contribution in [1.29, 1.82) is 0 Å². The number of hydrogen-bond acceptors (Lipinski definition) is 7. The normalized spacial score (nSPS) is 12.2. The van der Waals surface area contributed by atoms with Gasteiger partial charge >= 0.3 is 0 Å². The molecule has 1 aliphatic heterocycles. The number of rotatable bonds is 7. The number of thiocarbonyl (C=S) groups is 1. The maximum atomic E-state index is 13.8. The minimum absolute atomic E-state index is 0.0485. The standard InChI is InChI=1S/C26H21ClN2O6S/c1-33-20-8-5-9-21(34-2)22(20)25(32)29(17-12-10-16(27)11-13-17)26(36)35-15-14-28-23(30)18-6-3-4-7-19(18)24(28)31/h3-13H,14-15H2,1-2H3. The van der Waals surface area contributed by atoms with Crippen LogP contribution in [0.2, 0.25) is 5.02 Å². The lowest BCUT2D eigenvalue weighted by atomic mass is 10.1. The lowest BCUT2D eigenvalue weighted by Gasteiger charge is -2.25. The van der Waals surface area contributed by atoms with Crippen LogP contribution in [0.25, 0.3) is 0 Å². The number of nitrogens with zero attached hydrogens (tertiary/aromatic N) is 2. The van der Waals surface area contributed by atoms with Gasteiger partial charge in [-0.15, -0.1) is 0 Å². The monoisotopic (exact) mass is 524 g/mol. The molecule has 0 bridgehead atoms. The molecule has 0 aliphatic carbocycles. The lowest BCUT2D eigenvalue weighted by molar-refractivity contribution is 0.0627. The van der Waals surface area contributed by atoms with E-state index in [0.717, 1.165) is 4.90 Å². The number of carbonyl (C=O) groups excluding carboxylic acids is 3. The van der Waals surface area contributed by atoms with Gasteiger partial charge < -0.3 is 14.2 Å². The molecule has 184 valence electrons. The lowest BCUT2D eigenvalue weighted by Crippen LogP contribution is -2.40. The third-order valence-electron chi connectivity index (χ3n) is 5.53. The summed E-state index contributed by atoms with van der Waals surface area (Å²) in [4.78, 5) is 41.2. The van der Waals surface area contributed by atoms with E-state index in [4.69, 9.17) is 38.0 Å². The van der Waals surface area contributed by atoms with Crippen molar-refractivity contribution in [3.63, 3.8) is 0 Å². The number of imide groups is 1. The van der Waals surface area contributed by atoms with E-state index in [-0.39, 0.29) is 35.4 Å². The zero-order valence-corrected chi connectivity index (χ0v) is 21.0. The highest BCUT2D eigenvalue weighted by molar-refractivity contribution is 7.80. The first kappa shape index (κ1) is 25.2. The quantitative estimate of drug-likeness (QED) is 0.330. The number of amides is 3. The first-order chi connectivity index (χ1) is 17.4. The summed E-state index contributed by atoms with van der Waals surface area (Å²) in [6, 6.07) is 18.0. The number of carbonyl (C=O) groups is 3. The Morgan fingerprint density at radius 3 is 1.97 bits per heavy atom. The molecule has 0 radical (unpaired) electrons. The van der Waals surface area contributed by atoms with E-state index in [2.05, 4.69) is 0 Å². The average Bonchev–Trinajstić information content (AvgIpc) is 3.14. The van der Waals surface area contributed by atoms with E-state index >= 15 is 0 Å². The van der Waals surface area contributed by atoms with Crippen molar-refractivity contribution in [1.82, 2.24) is 4.90 Å². The largest absolute Gasteiger partial charge is 0.496 e. The number of benzene rings is 3. The molecule has 0 saturated heterocycles. The zero-order chi connectivity index (χ0) is 25.8. The molecule has 0 fully saturated rings. The minimum atomic E-state index is -0.558. The molecular formula is C26H21ClN2O6S. The number of ether oxygens (including phenoxy) is 3. The fourth-order valence-corrected chi connectivity index (χ4v) is 4.20. The summed E-state index contributed by atoms with van der Waals surface area (Å²) >= 11 is 11.5. The van der Waals surface area contributed by atoms with Crippen LogP contribution in [0.1, 0.15) is 31.1 Å². The van der Waals surface area contributed by atoms with Gasteiger partial charge in [-0.3, -0.25) is 19.3 Å². The van der Waals surface area contributed by atoms with Crippen LogP contribution in [-0.4, -0.2) is 55.2 Å². The summed E-state index contributed by atoms with van der Waals surface area (Å²) in [6.45, 7) is -0.169. The highest BCUT2D eigenvalue weighted by atomic mass is 35.5. The van der Waals surface area contributed by atoms with E-state index in [1.807, 2.05) is 0 Å². The summed E-state index contributed by atoms with van der Waals surface area (Å²) in [5.74, 6) is -0.805. The molecule has 1 heterocycles. The van der Waals surface area contributed by atoms with Crippen LogP contribution in [0.4, 0.5) is 5.69 Å². The molecule has 3 aromatic rings. The molecule has 4 rings (SSSR count). The molecule has 1 aliphatic rings. The second-order valence-corrected chi connectivity index (χ2v) is 8.36. The van der Waals surface area contributed by atoms with Crippen LogP contribution in [-0.2, 0) is 4.74 Å². The van der Waals surface area contributed by atoms with Crippen molar-refractivity contribution in [2.24, 2.45) is 0 Å². The maximum absolute atomic E-state index is 13.8. The number of anilines is 1. The highest BCUT2D eigenvalue weighted by Gasteiger charge is 2.35. The summed E-state index contributed by atoms with van der Waals surface area (Å²) in [6.07, 6.45) is 0. The van der Waals surface area contributed by atoms with Crippen LogP contribution in [0.3, 0.4) is 0 Å². The first-order valence-corrected chi connectivity index (χ1v) is 11.6. The van der Waals surface area contributed by atoms with Crippen molar-refractivity contribution >= 4 is 52.4 Å². The van der Waals surface area contributed by atoms with Crippen molar-refractivity contribution < 1.29 is 28.6 Å². The molecule has 0 spiro atoms. The second-order valence-electron chi connectivity index (χ2n) is 7.58. The van der Waals surface area contributed by atoms with Crippen molar-refractivity contribution in [3.8, 4) is 11.5 Å². The molecule has 0 saturated carbocycles. The number of halogens is 1.